The number of nitrogens with zero attached hydrogens (tertiary/aromatic N) is 4. The van der Waals surface area contributed by atoms with Crippen LogP contribution >= 0.6 is 0 Å². The lowest BCUT2D eigenvalue weighted by atomic mass is 10.1. The van der Waals surface area contributed by atoms with Gasteiger partial charge in [-0.1, -0.05) is 6.07 Å². The number of aromatic nitrogens is 5. The first-order valence-corrected chi connectivity index (χ1v) is 12.6. The van der Waals surface area contributed by atoms with Gasteiger partial charge in [-0.05, 0) is 24.6 Å². The standard InChI is InChI=1S/C22H20F3N7O3S/c1-32-6-5-13(31-32)10-3-4-14(16(7-10)36(2,34)35)26-15-9-17(28-22(33)11-8-12(11)23)27-20-18(15)29-21(30-20)19(24)25/h3-7,9,11-12,19H,8H2,1-2H3,(H3,26,27,28,29,30,33)/t11?,12-/m0/s1. The Morgan fingerprint density at radius 1 is 1.19 bits per heavy atom. The van der Waals surface area contributed by atoms with Crippen LogP contribution in [0.2, 0.25) is 0 Å². The average Bonchev–Trinajstić information content (AvgIpc) is 3.17. The summed E-state index contributed by atoms with van der Waals surface area (Å²) in [5, 5.41) is 9.69. The Labute approximate surface area is 202 Å². The number of hydrogen-bond acceptors (Lipinski definition) is 7. The van der Waals surface area contributed by atoms with Crippen LogP contribution in [-0.4, -0.2) is 51.5 Å². The maximum Gasteiger partial charge on any atom is 0.295 e. The molecule has 1 aliphatic rings. The number of fused-ring (bicyclic) bond motifs is 1. The molecule has 4 aromatic rings. The van der Waals surface area contributed by atoms with Gasteiger partial charge in [-0.25, -0.2) is 31.6 Å². The van der Waals surface area contributed by atoms with Gasteiger partial charge < -0.3 is 15.6 Å². The third kappa shape index (κ3) is 4.63. The Morgan fingerprint density at radius 3 is 2.56 bits per heavy atom. The molecule has 14 heteroatoms. The van der Waals surface area contributed by atoms with Crippen molar-refractivity contribution in [3.8, 4) is 11.3 Å². The summed E-state index contributed by atoms with van der Waals surface area (Å²) in [5.74, 6) is -2.08. The predicted octanol–water partition coefficient (Wildman–Crippen LogP) is 3.74. The molecule has 1 saturated carbocycles. The van der Waals surface area contributed by atoms with Crippen LogP contribution in [0.15, 0.2) is 41.4 Å². The number of nitrogens with one attached hydrogen (secondary N) is 3. The number of hydrogen-bond donors (Lipinski definition) is 3. The number of halogens is 3. The molecule has 3 N–H and O–H groups in total. The highest BCUT2D eigenvalue weighted by Crippen LogP contribution is 2.36. The van der Waals surface area contributed by atoms with Crippen molar-refractivity contribution in [2.75, 3.05) is 16.9 Å². The molecule has 2 atom stereocenters. The molecule has 188 valence electrons. The second-order valence-electron chi connectivity index (χ2n) is 8.51. The number of benzene rings is 1. The highest BCUT2D eigenvalue weighted by atomic mass is 32.2. The number of sulfone groups is 1. The van der Waals surface area contributed by atoms with Gasteiger partial charge in [0.1, 0.15) is 17.5 Å². The highest BCUT2D eigenvalue weighted by Gasteiger charge is 2.43. The van der Waals surface area contributed by atoms with Crippen molar-refractivity contribution in [1.29, 1.82) is 0 Å². The van der Waals surface area contributed by atoms with Crippen LogP contribution in [0.4, 0.5) is 30.4 Å². The van der Waals surface area contributed by atoms with E-state index in [1.54, 1.807) is 30.1 Å². The minimum absolute atomic E-state index is 0.00587. The third-order valence-corrected chi connectivity index (χ3v) is 6.78. The molecule has 0 radical (unpaired) electrons. The number of carbonyl (C=O) groups excluding carboxylic acids is 1. The Morgan fingerprint density at radius 2 is 1.94 bits per heavy atom. The zero-order valence-corrected chi connectivity index (χ0v) is 19.8. The van der Waals surface area contributed by atoms with E-state index in [1.807, 2.05) is 0 Å². The summed E-state index contributed by atoms with van der Waals surface area (Å²) in [7, 11) is -2.02. The molecule has 5 rings (SSSR count). The monoisotopic (exact) mass is 519 g/mol. The van der Waals surface area contributed by atoms with E-state index in [1.165, 1.54) is 18.2 Å². The van der Waals surface area contributed by atoms with Gasteiger partial charge in [-0.3, -0.25) is 9.48 Å². The van der Waals surface area contributed by atoms with Gasteiger partial charge in [0.25, 0.3) is 6.43 Å². The molecule has 0 aliphatic heterocycles. The molecule has 1 aromatic carbocycles. The molecule has 36 heavy (non-hydrogen) atoms. The topological polar surface area (TPSA) is 135 Å². The van der Waals surface area contributed by atoms with E-state index in [4.69, 9.17) is 0 Å². The first-order chi connectivity index (χ1) is 17.0. The van der Waals surface area contributed by atoms with Crippen LogP contribution in [0.5, 0.6) is 0 Å². The normalized spacial score (nSPS) is 17.5. The second-order valence-corrected chi connectivity index (χ2v) is 10.5. The van der Waals surface area contributed by atoms with E-state index < -0.39 is 40.1 Å². The molecular formula is C22H20F3N7O3S. The van der Waals surface area contributed by atoms with Gasteiger partial charge in [-0.2, -0.15) is 5.10 Å². The quantitative estimate of drug-likeness (QED) is 0.339. The fraction of sp³-hybridized carbons (Fsp3) is 0.273. The maximum atomic E-state index is 13.3. The molecular weight excluding hydrogens is 499 g/mol. The van der Waals surface area contributed by atoms with E-state index in [2.05, 4.69) is 30.7 Å². The van der Waals surface area contributed by atoms with Gasteiger partial charge in [-0.15, -0.1) is 0 Å². The summed E-state index contributed by atoms with van der Waals surface area (Å²) in [4.78, 5) is 22.5. The third-order valence-electron chi connectivity index (χ3n) is 5.64. The summed E-state index contributed by atoms with van der Waals surface area (Å²) in [5.41, 5.74) is 1.32. The summed E-state index contributed by atoms with van der Waals surface area (Å²) >= 11 is 0. The minimum atomic E-state index is -3.75. The SMILES string of the molecule is Cn1ccc(-c2ccc(Nc3cc(NC(=O)C4C[C@@H]4F)nc4[nH]c(C(F)F)nc34)c(S(C)(=O)=O)c2)n1. The number of anilines is 3. The van der Waals surface area contributed by atoms with Crippen LogP contribution in [0.25, 0.3) is 22.4 Å². The zero-order chi connectivity index (χ0) is 25.8. The van der Waals surface area contributed by atoms with Crippen molar-refractivity contribution in [2.24, 2.45) is 13.0 Å². The zero-order valence-electron chi connectivity index (χ0n) is 19.0. The lowest BCUT2D eigenvalue weighted by molar-refractivity contribution is -0.117. The number of aryl methyl sites for hydroxylation is 1. The predicted molar refractivity (Wildman–Crippen MR) is 126 cm³/mol. The lowest BCUT2D eigenvalue weighted by Gasteiger charge is -2.14. The van der Waals surface area contributed by atoms with E-state index in [9.17, 15) is 26.4 Å². The van der Waals surface area contributed by atoms with Crippen LogP contribution < -0.4 is 10.6 Å². The largest absolute Gasteiger partial charge is 0.352 e. The van der Waals surface area contributed by atoms with E-state index in [-0.39, 0.29) is 39.7 Å². The highest BCUT2D eigenvalue weighted by molar-refractivity contribution is 7.90. The number of rotatable bonds is 7. The van der Waals surface area contributed by atoms with Gasteiger partial charge in [0, 0.05) is 31.1 Å². The van der Waals surface area contributed by atoms with Crippen molar-refractivity contribution in [3.05, 3.63) is 42.4 Å². The van der Waals surface area contributed by atoms with Crippen LogP contribution in [0.1, 0.15) is 18.7 Å². The van der Waals surface area contributed by atoms with Crippen molar-refractivity contribution in [1.82, 2.24) is 24.7 Å². The Kier molecular flexibility index (Phi) is 5.70. The fourth-order valence-corrected chi connectivity index (χ4v) is 4.59. The lowest BCUT2D eigenvalue weighted by Crippen LogP contribution is -2.16. The number of carbonyl (C=O) groups is 1. The minimum Gasteiger partial charge on any atom is -0.352 e. The summed E-state index contributed by atoms with van der Waals surface area (Å²) in [6, 6.07) is 7.68. The molecule has 0 bridgehead atoms. The van der Waals surface area contributed by atoms with Crippen LogP contribution in [-0.2, 0) is 21.7 Å². The molecule has 1 aliphatic carbocycles. The molecule has 1 fully saturated rings. The smallest absolute Gasteiger partial charge is 0.295 e. The summed E-state index contributed by atoms with van der Waals surface area (Å²) < 4.78 is 66.8. The van der Waals surface area contributed by atoms with Crippen LogP contribution in [0.3, 0.4) is 0 Å². The van der Waals surface area contributed by atoms with Gasteiger partial charge >= 0.3 is 0 Å². The van der Waals surface area contributed by atoms with Gasteiger partial charge in [0.15, 0.2) is 21.3 Å². The second kappa shape index (κ2) is 8.62. The molecule has 1 unspecified atom stereocenters. The fourth-order valence-electron chi connectivity index (χ4n) is 3.73. The van der Waals surface area contributed by atoms with Gasteiger partial charge in [0.2, 0.25) is 5.91 Å². The van der Waals surface area contributed by atoms with Crippen molar-refractivity contribution in [3.63, 3.8) is 0 Å². The van der Waals surface area contributed by atoms with E-state index >= 15 is 0 Å². The average molecular weight is 520 g/mol. The molecule has 0 saturated heterocycles. The number of amides is 1. The summed E-state index contributed by atoms with van der Waals surface area (Å²) in [6.07, 6.45) is -1.31. The number of pyridine rings is 1. The number of H-pyrrole nitrogens is 1. The van der Waals surface area contributed by atoms with Gasteiger partial charge in [0.05, 0.1) is 27.9 Å². The Hall–Kier alpha value is -3.94. The Bertz CT molecular complexity index is 1600. The Balaban J connectivity index is 1.58. The molecule has 0 spiro atoms. The number of imidazole rings is 1. The van der Waals surface area contributed by atoms with E-state index in [0.29, 0.717) is 11.3 Å². The molecule has 10 nitrogen and oxygen atoms in total. The van der Waals surface area contributed by atoms with Crippen molar-refractivity contribution >= 4 is 44.1 Å². The van der Waals surface area contributed by atoms with Crippen molar-refractivity contribution < 1.29 is 26.4 Å². The molecule has 1 amide bonds. The number of alkyl halides is 3. The van der Waals surface area contributed by atoms with Crippen molar-refractivity contribution in [2.45, 2.75) is 23.9 Å². The van der Waals surface area contributed by atoms with E-state index in [0.717, 1.165) is 6.26 Å². The number of aromatic amines is 1. The summed E-state index contributed by atoms with van der Waals surface area (Å²) in [6.45, 7) is 0. The first kappa shape index (κ1) is 23.8. The maximum absolute atomic E-state index is 13.3. The first-order valence-electron chi connectivity index (χ1n) is 10.7. The molecule has 3 aromatic heterocycles. The van der Waals surface area contributed by atoms with Crippen LogP contribution in [0, 0.1) is 5.92 Å². The molecule has 3 heterocycles.